The summed E-state index contributed by atoms with van der Waals surface area (Å²) in [4.78, 5) is 39.7. The number of esters is 1. The third-order valence-corrected chi connectivity index (χ3v) is 6.10. The number of hydrogen-bond donors (Lipinski definition) is 1. The Labute approximate surface area is 176 Å². The molecule has 1 saturated heterocycles. The predicted molar refractivity (Wildman–Crippen MR) is 111 cm³/mol. The first-order valence-corrected chi connectivity index (χ1v) is 10.9. The highest BCUT2D eigenvalue weighted by molar-refractivity contribution is 6.31. The summed E-state index contributed by atoms with van der Waals surface area (Å²) >= 11 is 6.07. The average Bonchev–Trinajstić information content (AvgIpc) is 3.11. The van der Waals surface area contributed by atoms with Crippen LogP contribution < -0.4 is 5.32 Å². The topological polar surface area (TPSA) is 75.7 Å². The molecular formula is C22H29ClN2O4. The molecule has 0 aromatic heterocycles. The molecule has 1 heterocycles. The first-order chi connectivity index (χ1) is 14.0. The second-order valence-corrected chi connectivity index (χ2v) is 8.31. The standard InChI is InChI=1S/C22H29ClN2O4/c1-2-3-11-29-20(26)14-24-21(27)19-13-15-7-4-5-10-18(15)25(19)22(28)16-8-6-9-17(23)12-16/h6,8-9,12,15,18-19H,2-5,7,10-11,13-14H2,1H3,(H,24,27). The molecule has 2 aliphatic rings. The first-order valence-electron chi connectivity index (χ1n) is 10.5. The zero-order valence-electron chi connectivity index (χ0n) is 16.9. The number of carbonyl (C=O) groups is 3. The minimum atomic E-state index is -0.571. The van der Waals surface area contributed by atoms with Gasteiger partial charge in [-0.1, -0.05) is 43.9 Å². The minimum absolute atomic E-state index is 0.0579. The van der Waals surface area contributed by atoms with Crippen molar-refractivity contribution in [2.45, 2.75) is 64.0 Å². The Hall–Kier alpha value is -2.08. The molecule has 1 aliphatic carbocycles. The van der Waals surface area contributed by atoms with Crippen LogP contribution in [-0.2, 0) is 14.3 Å². The fraction of sp³-hybridized carbons (Fsp3) is 0.591. The summed E-state index contributed by atoms with van der Waals surface area (Å²) in [6.45, 7) is 2.20. The average molecular weight is 421 g/mol. The summed E-state index contributed by atoms with van der Waals surface area (Å²) in [6.07, 6.45) is 6.47. The number of hydrogen-bond acceptors (Lipinski definition) is 4. The van der Waals surface area contributed by atoms with E-state index >= 15 is 0 Å². The van der Waals surface area contributed by atoms with Gasteiger partial charge in [-0.05, 0) is 49.8 Å². The molecule has 29 heavy (non-hydrogen) atoms. The van der Waals surface area contributed by atoms with Gasteiger partial charge in [-0.2, -0.15) is 0 Å². The largest absolute Gasteiger partial charge is 0.464 e. The zero-order chi connectivity index (χ0) is 20.8. The number of halogens is 1. The molecule has 7 heteroatoms. The van der Waals surface area contributed by atoms with Crippen molar-refractivity contribution >= 4 is 29.4 Å². The van der Waals surface area contributed by atoms with Gasteiger partial charge >= 0.3 is 5.97 Å². The fourth-order valence-corrected chi connectivity index (χ4v) is 4.61. The number of rotatable bonds is 7. The van der Waals surface area contributed by atoms with Gasteiger partial charge in [-0.3, -0.25) is 14.4 Å². The highest BCUT2D eigenvalue weighted by atomic mass is 35.5. The molecule has 1 aromatic rings. The fourth-order valence-electron chi connectivity index (χ4n) is 4.42. The lowest BCUT2D eigenvalue weighted by Crippen LogP contribution is -2.50. The second-order valence-electron chi connectivity index (χ2n) is 7.88. The van der Waals surface area contributed by atoms with Gasteiger partial charge < -0.3 is 15.0 Å². The summed E-state index contributed by atoms with van der Waals surface area (Å²) < 4.78 is 5.10. The molecular weight excluding hydrogens is 392 g/mol. The minimum Gasteiger partial charge on any atom is -0.464 e. The van der Waals surface area contributed by atoms with E-state index in [9.17, 15) is 14.4 Å². The van der Waals surface area contributed by atoms with Gasteiger partial charge in [-0.25, -0.2) is 0 Å². The Morgan fingerprint density at radius 2 is 2.03 bits per heavy atom. The third kappa shape index (κ3) is 5.30. The van der Waals surface area contributed by atoms with Crippen LogP contribution >= 0.6 is 11.6 Å². The lowest BCUT2D eigenvalue weighted by molar-refractivity contribution is -0.144. The Morgan fingerprint density at radius 3 is 2.79 bits per heavy atom. The van der Waals surface area contributed by atoms with Gasteiger partial charge in [0.2, 0.25) is 5.91 Å². The van der Waals surface area contributed by atoms with Crippen LogP contribution in [0, 0.1) is 5.92 Å². The van der Waals surface area contributed by atoms with Gasteiger partial charge in [0.05, 0.1) is 6.61 Å². The molecule has 1 N–H and O–H groups in total. The van der Waals surface area contributed by atoms with Crippen molar-refractivity contribution in [2.75, 3.05) is 13.2 Å². The van der Waals surface area contributed by atoms with Crippen molar-refractivity contribution in [3.05, 3.63) is 34.9 Å². The summed E-state index contributed by atoms with van der Waals surface area (Å²) in [5, 5.41) is 3.17. The molecule has 3 rings (SSSR count). The molecule has 2 amide bonds. The molecule has 6 nitrogen and oxygen atoms in total. The Bertz CT molecular complexity index is 754. The molecule has 0 spiro atoms. The van der Waals surface area contributed by atoms with Crippen molar-refractivity contribution in [3.63, 3.8) is 0 Å². The number of nitrogens with one attached hydrogen (secondary N) is 1. The van der Waals surface area contributed by atoms with Crippen LogP contribution in [0.15, 0.2) is 24.3 Å². The molecule has 1 aliphatic heterocycles. The molecule has 1 aromatic carbocycles. The lowest BCUT2D eigenvalue weighted by atomic mass is 9.84. The summed E-state index contributed by atoms with van der Waals surface area (Å²) in [7, 11) is 0. The van der Waals surface area contributed by atoms with E-state index in [0.29, 0.717) is 29.5 Å². The van der Waals surface area contributed by atoms with Crippen LogP contribution in [0.2, 0.25) is 5.02 Å². The predicted octanol–water partition coefficient (Wildman–Crippen LogP) is 3.57. The highest BCUT2D eigenvalue weighted by Crippen LogP contribution is 2.40. The van der Waals surface area contributed by atoms with E-state index in [-0.39, 0.29) is 24.4 Å². The van der Waals surface area contributed by atoms with Crippen molar-refractivity contribution in [3.8, 4) is 0 Å². The summed E-state index contributed by atoms with van der Waals surface area (Å²) in [6, 6.07) is 6.32. The summed E-state index contributed by atoms with van der Waals surface area (Å²) in [5.41, 5.74) is 0.487. The van der Waals surface area contributed by atoms with Gasteiger partial charge in [0, 0.05) is 16.6 Å². The second kappa shape index (κ2) is 10.1. The third-order valence-electron chi connectivity index (χ3n) is 5.86. The van der Waals surface area contributed by atoms with Gasteiger partial charge in [-0.15, -0.1) is 0 Å². The number of nitrogens with zero attached hydrogens (tertiary/aromatic N) is 1. The monoisotopic (exact) mass is 420 g/mol. The van der Waals surface area contributed by atoms with Gasteiger partial charge in [0.15, 0.2) is 0 Å². The number of amides is 2. The highest BCUT2D eigenvalue weighted by Gasteiger charge is 2.47. The van der Waals surface area contributed by atoms with Crippen LogP contribution in [0.1, 0.15) is 62.2 Å². The SMILES string of the molecule is CCCCOC(=O)CNC(=O)C1CC2CCCCC2N1C(=O)c1cccc(Cl)c1. The van der Waals surface area contributed by atoms with E-state index in [1.807, 2.05) is 6.92 Å². The molecule has 1 saturated carbocycles. The van der Waals surface area contributed by atoms with Crippen LogP contribution in [0.3, 0.4) is 0 Å². The summed E-state index contributed by atoms with van der Waals surface area (Å²) in [5.74, 6) is -0.594. The van der Waals surface area contributed by atoms with Crippen molar-refractivity contribution in [1.29, 1.82) is 0 Å². The van der Waals surface area contributed by atoms with E-state index < -0.39 is 12.0 Å². The first kappa shape index (κ1) is 21.6. The molecule has 0 bridgehead atoms. The van der Waals surface area contributed by atoms with Crippen molar-refractivity contribution in [1.82, 2.24) is 10.2 Å². The number of carbonyl (C=O) groups excluding carboxylic acids is 3. The lowest BCUT2D eigenvalue weighted by Gasteiger charge is -2.33. The van der Waals surface area contributed by atoms with Gasteiger partial charge in [0.25, 0.3) is 5.91 Å². The number of ether oxygens (including phenoxy) is 1. The number of unbranched alkanes of at least 4 members (excludes halogenated alkanes) is 1. The quantitative estimate of drug-likeness (QED) is 0.540. The van der Waals surface area contributed by atoms with E-state index in [0.717, 1.165) is 38.5 Å². The van der Waals surface area contributed by atoms with Crippen molar-refractivity contribution in [2.24, 2.45) is 5.92 Å². The van der Waals surface area contributed by atoms with Crippen LogP contribution in [0.5, 0.6) is 0 Å². The van der Waals surface area contributed by atoms with E-state index in [1.54, 1.807) is 29.2 Å². The molecule has 3 atom stereocenters. The van der Waals surface area contributed by atoms with Crippen molar-refractivity contribution < 1.29 is 19.1 Å². The maximum absolute atomic E-state index is 13.3. The molecule has 3 unspecified atom stereocenters. The Balaban J connectivity index is 1.70. The smallest absolute Gasteiger partial charge is 0.325 e. The molecule has 158 valence electrons. The normalized spacial score (nSPS) is 23.4. The molecule has 2 fully saturated rings. The van der Waals surface area contributed by atoms with E-state index in [4.69, 9.17) is 16.3 Å². The Morgan fingerprint density at radius 1 is 1.24 bits per heavy atom. The maximum atomic E-state index is 13.3. The number of fused-ring (bicyclic) bond motifs is 1. The van der Waals surface area contributed by atoms with Crippen LogP contribution in [-0.4, -0.2) is 47.9 Å². The van der Waals surface area contributed by atoms with Gasteiger partial charge in [0.1, 0.15) is 12.6 Å². The Kier molecular flexibility index (Phi) is 7.53. The van der Waals surface area contributed by atoms with Crippen LogP contribution in [0.25, 0.3) is 0 Å². The number of benzene rings is 1. The number of likely N-dealkylation sites (tertiary alicyclic amines) is 1. The van der Waals surface area contributed by atoms with E-state index in [1.165, 1.54) is 0 Å². The van der Waals surface area contributed by atoms with Crippen LogP contribution in [0.4, 0.5) is 0 Å². The van der Waals surface area contributed by atoms with E-state index in [2.05, 4.69) is 5.32 Å². The maximum Gasteiger partial charge on any atom is 0.325 e. The zero-order valence-corrected chi connectivity index (χ0v) is 17.6. The molecule has 0 radical (unpaired) electrons.